The summed E-state index contributed by atoms with van der Waals surface area (Å²) in [5, 5.41) is 9.03. The lowest BCUT2D eigenvalue weighted by Gasteiger charge is -2.07. The number of carboxylic acid groups (broad SMARTS) is 1. The molecule has 7 nitrogen and oxygen atoms in total. The summed E-state index contributed by atoms with van der Waals surface area (Å²) in [4.78, 5) is 34.0. The first kappa shape index (κ1) is 22.3. The number of ether oxygens (including phenoxy) is 2. The Kier molecular flexibility index (Phi) is 11.4. The maximum absolute atomic E-state index is 11.9. The van der Waals surface area contributed by atoms with Gasteiger partial charge in [0.1, 0.15) is 0 Å². The second-order valence-electron chi connectivity index (χ2n) is 5.07. The largest absolute Gasteiger partial charge is 0.478 e. The Morgan fingerprint density at radius 1 is 0.960 bits per heavy atom. The van der Waals surface area contributed by atoms with Crippen molar-refractivity contribution in [1.82, 2.24) is 6.15 Å². The van der Waals surface area contributed by atoms with Crippen LogP contribution in [0.2, 0.25) is 0 Å². The summed E-state index contributed by atoms with van der Waals surface area (Å²) in [6.45, 7) is 2.34. The average Bonchev–Trinajstić information content (AvgIpc) is 2.57. The van der Waals surface area contributed by atoms with Crippen LogP contribution in [0, 0.1) is 0 Å². The van der Waals surface area contributed by atoms with Gasteiger partial charge in [-0.15, -0.1) is 0 Å². The molecule has 0 unspecified atom stereocenters. The van der Waals surface area contributed by atoms with Crippen molar-refractivity contribution in [1.29, 1.82) is 0 Å². The van der Waals surface area contributed by atoms with Gasteiger partial charge in [-0.1, -0.05) is 18.2 Å². The van der Waals surface area contributed by atoms with Crippen molar-refractivity contribution in [2.45, 2.75) is 32.6 Å². The van der Waals surface area contributed by atoms with E-state index < -0.39 is 11.9 Å². The van der Waals surface area contributed by atoms with Crippen molar-refractivity contribution < 1.29 is 29.0 Å². The molecule has 0 amide bonds. The van der Waals surface area contributed by atoms with Crippen LogP contribution in [-0.2, 0) is 14.3 Å². The average molecular weight is 351 g/mol. The van der Waals surface area contributed by atoms with Crippen molar-refractivity contribution in [3.05, 3.63) is 47.5 Å². The molecular formula is C18H25NO6. The first-order chi connectivity index (χ1) is 11.6. The number of carbonyl (C=O) groups is 3. The zero-order valence-corrected chi connectivity index (χ0v) is 14.4. The smallest absolute Gasteiger partial charge is 0.339 e. The minimum atomic E-state index is -1.16. The van der Waals surface area contributed by atoms with Crippen LogP contribution in [0.1, 0.15) is 53.3 Å². The van der Waals surface area contributed by atoms with Gasteiger partial charge in [0, 0.05) is 6.08 Å². The number of rotatable bonds is 10. The molecular weight excluding hydrogens is 326 g/mol. The standard InChI is InChI=1S/C18H22O6.H3N/c1-2-9-16(19)23-12-7-3-4-8-13-24-18(22)15-11-6-5-10-14(15)17(20)21;/h2,5-6,9-11H,3-4,7-8,12-13H2,1H3,(H,20,21);1H3. The molecule has 0 radical (unpaired) electrons. The van der Waals surface area contributed by atoms with E-state index >= 15 is 0 Å². The highest BCUT2D eigenvalue weighted by molar-refractivity contribution is 6.02. The third-order valence-corrected chi connectivity index (χ3v) is 3.20. The van der Waals surface area contributed by atoms with Gasteiger partial charge in [-0.3, -0.25) is 0 Å². The normalized spacial score (nSPS) is 10.1. The summed E-state index contributed by atoms with van der Waals surface area (Å²) >= 11 is 0. The van der Waals surface area contributed by atoms with E-state index in [9.17, 15) is 14.4 Å². The predicted octanol–water partition coefficient (Wildman–Crippen LogP) is 3.38. The van der Waals surface area contributed by atoms with Gasteiger partial charge in [-0.2, -0.15) is 0 Å². The molecule has 0 spiro atoms. The number of esters is 2. The highest BCUT2D eigenvalue weighted by Crippen LogP contribution is 2.11. The number of carboxylic acids is 1. The van der Waals surface area contributed by atoms with E-state index in [1.54, 1.807) is 25.1 Å². The summed E-state index contributed by atoms with van der Waals surface area (Å²) in [6, 6.07) is 5.96. The fourth-order valence-corrected chi connectivity index (χ4v) is 2.00. The summed E-state index contributed by atoms with van der Waals surface area (Å²) in [6.07, 6.45) is 6.10. The number of allylic oxidation sites excluding steroid dienone is 1. The molecule has 0 fully saturated rings. The van der Waals surface area contributed by atoms with Gasteiger partial charge in [-0.05, 0) is 44.7 Å². The quantitative estimate of drug-likeness (QED) is 0.376. The number of aromatic carboxylic acids is 1. The Labute approximate surface area is 147 Å². The fourth-order valence-electron chi connectivity index (χ4n) is 2.00. The molecule has 1 aromatic carbocycles. The number of hydrogen-bond acceptors (Lipinski definition) is 6. The van der Waals surface area contributed by atoms with Crippen LogP contribution in [0.3, 0.4) is 0 Å². The van der Waals surface area contributed by atoms with Gasteiger partial charge in [0.15, 0.2) is 0 Å². The van der Waals surface area contributed by atoms with Gasteiger partial charge < -0.3 is 20.7 Å². The molecule has 0 atom stereocenters. The number of hydrogen-bond donors (Lipinski definition) is 2. The Bertz CT molecular complexity index is 597. The van der Waals surface area contributed by atoms with E-state index in [2.05, 4.69) is 0 Å². The lowest BCUT2D eigenvalue weighted by molar-refractivity contribution is -0.137. The van der Waals surface area contributed by atoms with E-state index in [0.29, 0.717) is 13.0 Å². The van der Waals surface area contributed by atoms with Gasteiger partial charge >= 0.3 is 17.9 Å². The maximum atomic E-state index is 11.9. The molecule has 0 aromatic heterocycles. The number of carbonyl (C=O) groups excluding carboxylic acids is 2. The predicted molar refractivity (Wildman–Crippen MR) is 92.9 cm³/mol. The van der Waals surface area contributed by atoms with Crippen LogP contribution in [0.15, 0.2) is 36.4 Å². The van der Waals surface area contributed by atoms with E-state index in [1.807, 2.05) is 0 Å². The van der Waals surface area contributed by atoms with E-state index in [0.717, 1.165) is 19.3 Å². The number of benzene rings is 1. The molecule has 0 heterocycles. The zero-order chi connectivity index (χ0) is 17.8. The van der Waals surface area contributed by atoms with Crippen LogP contribution in [-0.4, -0.2) is 36.2 Å². The topological polar surface area (TPSA) is 125 Å². The Hall–Kier alpha value is -2.67. The second-order valence-corrected chi connectivity index (χ2v) is 5.07. The molecule has 4 N–H and O–H groups in total. The van der Waals surface area contributed by atoms with Crippen LogP contribution in [0.5, 0.6) is 0 Å². The first-order valence-corrected chi connectivity index (χ1v) is 7.85. The third kappa shape index (κ3) is 8.66. The minimum absolute atomic E-state index is 0. The molecule has 0 bridgehead atoms. The van der Waals surface area contributed by atoms with E-state index in [-0.39, 0.29) is 29.9 Å². The first-order valence-electron chi connectivity index (χ1n) is 7.85. The molecule has 0 saturated heterocycles. The van der Waals surface area contributed by atoms with Crippen molar-refractivity contribution in [2.24, 2.45) is 0 Å². The highest BCUT2D eigenvalue weighted by atomic mass is 16.5. The lowest BCUT2D eigenvalue weighted by Crippen LogP contribution is -2.12. The Balaban J connectivity index is 0.00000576. The van der Waals surface area contributed by atoms with Crippen molar-refractivity contribution >= 4 is 17.9 Å². The molecule has 0 aliphatic heterocycles. The van der Waals surface area contributed by atoms with Crippen molar-refractivity contribution in [3.8, 4) is 0 Å². The Morgan fingerprint density at radius 2 is 1.52 bits per heavy atom. The van der Waals surface area contributed by atoms with Crippen molar-refractivity contribution in [3.63, 3.8) is 0 Å². The Morgan fingerprint density at radius 3 is 2.08 bits per heavy atom. The summed E-state index contributed by atoms with van der Waals surface area (Å²) in [5.74, 6) is -2.13. The van der Waals surface area contributed by atoms with Gasteiger partial charge in [0.2, 0.25) is 0 Å². The summed E-state index contributed by atoms with van der Waals surface area (Å²) in [5.41, 5.74) is -0.00802. The summed E-state index contributed by atoms with van der Waals surface area (Å²) < 4.78 is 10.1. The van der Waals surface area contributed by atoms with Crippen LogP contribution < -0.4 is 6.15 Å². The zero-order valence-electron chi connectivity index (χ0n) is 14.4. The molecule has 138 valence electrons. The fraction of sp³-hybridized carbons (Fsp3) is 0.389. The summed E-state index contributed by atoms with van der Waals surface area (Å²) in [7, 11) is 0. The van der Waals surface area contributed by atoms with Gasteiger partial charge in [0.25, 0.3) is 0 Å². The molecule has 1 rings (SSSR count). The van der Waals surface area contributed by atoms with Crippen molar-refractivity contribution in [2.75, 3.05) is 13.2 Å². The minimum Gasteiger partial charge on any atom is -0.478 e. The molecule has 0 aliphatic rings. The molecule has 7 heteroatoms. The second kappa shape index (κ2) is 12.7. The van der Waals surface area contributed by atoms with Gasteiger partial charge in [-0.25, -0.2) is 14.4 Å². The maximum Gasteiger partial charge on any atom is 0.339 e. The molecule has 25 heavy (non-hydrogen) atoms. The highest BCUT2D eigenvalue weighted by Gasteiger charge is 2.16. The van der Waals surface area contributed by atoms with Gasteiger partial charge in [0.05, 0.1) is 24.3 Å². The van der Waals surface area contributed by atoms with E-state index in [1.165, 1.54) is 18.2 Å². The van der Waals surface area contributed by atoms with Crippen LogP contribution in [0.25, 0.3) is 0 Å². The van der Waals surface area contributed by atoms with E-state index in [4.69, 9.17) is 14.6 Å². The van der Waals surface area contributed by atoms with Crippen LogP contribution in [0.4, 0.5) is 0 Å². The lowest BCUT2D eigenvalue weighted by atomic mass is 10.1. The molecule has 0 aliphatic carbocycles. The number of unbranched alkanes of at least 4 members (excludes halogenated alkanes) is 3. The SMILES string of the molecule is CC=CC(=O)OCCCCCCOC(=O)c1ccccc1C(=O)O.N. The molecule has 0 saturated carbocycles. The third-order valence-electron chi connectivity index (χ3n) is 3.20. The van der Waals surface area contributed by atoms with Crippen LogP contribution >= 0.6 is 0 Å². The molecule has 1 aromatic rings. The monoisotopic (exact) mass is 351 g/mol.